The lowest BCUT2D eigenvalue weighted by molar-refractivity contribution is -0.113. The van der Waals surface area contributed by atoms with Crippen molar-refractivity contribution >= 4 is 35.1 Å². The van der Waals surface area contributed by atoms with Gasteiger partial charge in [0.2, 0.25) is 11.9 Å². The molecule has 0 radical (unpaired) electrons. The molecule has 1 aromatic heterocycles. The minimum absolute atomic E-state index is 0.441. The second-order valence-electron chi connectivity index (χ2n) is 6.47. The number of nitrogens with zero attached hydrogens (tertiary/aromatic N) is 3. The summed E-state index contributed by atoms with van der Waals surface area (Å²) in [4.78, 5) is 19.7. The van der Waals surface area contributed by atoms with E-state index in [1.54, 1.807) is 42.6 Å². The Kier molecular flexibility index (Phi) is 5.85. The van der Waals surface area contributed by atoms with E-state index in [0.717, 1.165) is 28.1 Å². The van der Waals surface area contributed by atoms with Crippen LogP contribution in [0.25, 0.3) is 6.08 Å². The molecule has 7 nitrogen and oxygen atoms in total. The number of hydrogen-bond acceptors (Lipinski definition) is 6. The summed E-state index contributed by atoms with van der Waals surface area (Å²) in [6.07, 6.45) is 4.69. The molecule has 3 rings (SSSR count). The van der Waals surface area contributed by atoms with Gasteiger partial charge in [-0.15, -0.1) is 0 Å². The van der Waals surface area contributed by atoms with E-state index < -0.39 is 5.91 Å². The van der Waals surface area contributed by atoms with Gasteiger partial charge in [0.1, 0.15) is 5.82 Å². The van der Waals surface area contributed by atoms with Crippen LogP contribution >= 0.6 is 0 Å². The third-order valence-electron chi connectivity index (χ3n) is 4.17. The number of nitriles is 1. The third kappa shape index (κ3) is 5.17. The minimum atomic E-state index is -0.481. The highest BCUT2D eigenvalue weighted by molar-refractivity contribution is 5.90. The average molecular weight is 384 g/mol. The summed E-state index contributed by atoms with van der Waals surface area (Å²) in [6, 6.07) is 14.9. The molecule has 0 saturated heterocycles. The highest BCUT2D eigenvalue weighted by Crippen LogP contribution is 2.26. The second-order valence-corrected chi connectivity index (χ2v) is 6.47. The molecule has 2 aromatic carbocycles. The van der Waals surface area contributed by atoms with Gasteiger partial charge in [-0.05, 0) is 79.1 Å². The number of nitrogens with two attached hydrogens (primary N) is 1. The lowest BCUT2D eigenvalue weighted by Gasteiger charge is -2.14. The summed E-state index contributed by atoms with van der Waals surface area (Å²) in [5.74, 6) is 0.601. The summed E-state index contributed by atoms with van der Waals surface area (Å²) in [5, 5.41) is 15.3. The van der Waals surface area contributed by atoms with Gasteiger partial charge in [-0.2, -0.15) is 10.2 Å². The van der Waals surface area contributed by atoms with Gasteiger partial charge in [0.05, 0.1) is 11.6 Å². The van der Waals surface area contributed by atoms with Crippen molar-refractivity contribution in [2.45, 2.75) is 13.8 Å². The zero-order valence-corrected chi connectivity index (χ0v) is 16.1. The van der Waals surface area contributed by atoms with Crippen LogP contribution in [0.5, 0.6) is 0 Å². The first-order valence-electron chi connectivity index (χ1n) is 8.90. The van der Waals surface area contributed by atoms with Crippen molar-refractivity contribution in [3.05, 3.63) is 77.0 Å². The van der Waals surface area contributed by atoms with Crippen molar-refractivity contribution in [2.24, 2.45) is 5.73 Å². The maximum absolute atomic E-state index is 10.9. The Morgan fingerprint density at radius 3 is 2.41 bits per heavy atom. The smallest absolute Gasteiger partial charge is 0.241 e. The number of benzene rings is 2. The Labute approximate surface area is 168 Å². The van der Waals surface area contributed by atoms with E-state index in [1.807, 2.05) is 26.0 Å². The maximum atomic E-state index is 10.9. The summed E-state index contributed by atoms with van der Waals surface area (Å²) in [6.45, 7) is 3.96. The van der Waals surface area contributed by atoms with Gasteiger partial charge in [-0.3, -0.25) is 4.79 Å². The Bertz CT molecular complexity index is 1090. The number of hydrogen-bond donors (Lipinski definition) is 3. The van der Waals surface area contributed by atoms with E-state index >= 15 is 0 Å². The number of anilines is 4. The molecular formula is C22H20N6O. The van der Waals surface area contributed by atoms with Crippen LogP contribution in [0.4, 0.5) is 23.1 Å². The summed E-state index contributed by atoms with van der Waals surface area (Å²) in [5.41, 5.74) is 10.4. The number of rotatable bonds is 6. The highest BCUT2D eigenvalue weighted by Gasteiger charge is 2.07. The Morgan fingerprint density at radius 2 is 1.79 bits per heavy atom. The zero-order valence-electron chi connectivity index (χ0n) is 16.1. The standard InChI is InChI=1S/C22H20N6O/c1-14-11-17(5-8-19(24)29)12-15(2)21(14)27-20-9-10-25-22(28-20)26-18-6-3-16(13-23)4-7-18/h3-12H,1-2H3,(H2,24,29)(H2,25,26,27,28). The first kappa shape index (κ1) is 19.6. The van der Waals surface area contributed by atoms with Crippen LogP contribution in [0.3, 0.4) is 0 Å². The lowest BCUT2D eigenvalue weighted by atomic mass is 10.0. The molecule has 0 aliphatic heterocycles. The monoisotopic (exact) mass is 384 g/mol. The molecule has 0 fully saturated rings. The van der Waals surface area contributed by atoms with Crippen LogP contribution in [-0.2, 0) is 4.79 Å². The zero-order chi connectivity index (χ0) is 20.8. The molecule has 1 amide bonds. The number of aromatic nitrogens is 2. The van der Waals surface area contributed by atoms with Crippen molar-refractivity contribution in [1.29, 1.82) is 5.26 Å². The van der Waals surface area contributed by atoms with Crippen LogP contribution in [0.2, 0.25) is 0 Å². The maximum Gasteiger partial charge on any atom is 0.241 e. The van der Waals surface area contributed by atoms with E-state index in [2.05, 4.69) is 26.7 Å². The van der Waals surface area contributed by atoms with Crippen LogP contribution in [0.1, 0.15) is 22.3 Å². The van der Waals surface area contributed by atoms with Crippen LogP contribution in [0, 0.1) is 25.2 Å². The van der Waals surface area contributed by atoms with E-state index in [0.29, 0.717) is 17.3 Å². The van der Waals surface area contributed by atoms with Crippen LogP contribution in [-0.4, -0.2) is 15.9 Å². The molecule has 0 unspecified atom stereocenters. The highest BCUT2D eigenvalue weighted by atomic mass is 16.1. The summed E-state index contributed by atoms with van der Waals surface area (Å²) >= 11 is 0. The fourth-order valence-electron chi connectivity index (χ4n) is 2.84. The fraction of sp³-hybridized carbons (Fsp3) is 0.0909. The largest absolute Gasteiger partial charge is 0.366 e. The normalized spacial score (nSPS) is 10.5. The number of aryl methyl sites for hydroxylation is 2. The van der Waals surface area contributed by atoms with Crippen molar-refractivity contribution in [1.82, 2.24) is 9.97 Å². The van der Waals surface area contributed by atoms with Crippen LogP contribution < -0.4 is 16.4 Å². The minimum Gasteiger partial charge on any atom is -0.366 e. The van der Waals surface area contributed by atoms with Crippen molar-refractivity contribution in [3.8, 4) is 6.07 Å². The molecule has 0 aliphatic rings. The van der Waals surface area contributed by atoms with Gasteiger partial charge in [0.25, 0.3) is 0 Å². The molecule has 1 heterocycles. The molecule has 29 heavy (non-hydrogen) atoms. The lowest BCUT2D eigenvalue weighted by Crippen LogP contribution is -2.05. The molecule has 0 spiro atoms. The second kappa shape index (κ2) is 8.67. The molecular weight excluding hydrogens is 364 g/mol. The van der Waals surface area contributed by atoms with Gasteiger partial charge < -0.3 is 16.4 Å². The van der Waals surface area contributed by atoms with Gasteiger partial charge in [0.15, 0.2) is 0 Å². The fourth-order valence-corrected chi connectivity index (χ4v) is 2.84. The number of nitrogens with one attached hydrogen (secondary N) is 2. The van der Waals surface area contributed by atoms with E-state index in [9.17, 15) is 4.79 Å². The molecule has 4 N–H and O–H groups in total. The van der Waals surface area contributed by atoms with E-state index in [1.165, 1.54) is 6.08 Å². The quantitative estimate of drug-likeness (QED) is 0.554. The molecule has 0 saturated carbocycles. The van der Waals surface area contributed by atoms with Gasteiger partial charge >= 0.3 is 0 Å². The molecule has 0 aliphatic carbocycles. The first-order valence-corrected chi connectivity index (χ1v) is 8.90. The van der Waals surface area contributed by atoms with Crippen LogP contribution in [0.15, 0.2) is 54.7 Å². The van der Waals surface area contributed by atoms with E-state index in [-0.39, 0.29) is 0 Å². The van der Waals surface area contributed by atoms with E-state index in [4.69, 9.17) is 11.0 Å². The molecule has 0 bridgehead atoms. The molecule has 7 heteroatoms. The topological polar surface area (TPSA) is 117 Å². The van der Waals surface area contributed by atoms with Crippen molar-refractivity contribution in [3.63, 3.8) is 0 Å². The third-order valence-corrected chi connectivity index (χ3v) is 4.17. The van der Waals surface area contributed by atoms with Crippen molar-refractivity contribution < 1.29 is 4.79 Å². The Hall–Kier alpha value is -4.18. The average Bonchev–Trinajstić information content (AvgIpc) is 2.70. The number of amides is 1. The van der Waals surface area contributed by atoms with Crippen molar-refractivity contribution in [2.75, 3.05) is 10.6 Å². The first-order chi connectivity index (χ1) is 13.9. The predicted molar refractivity (Wildman–Crippen MR) is 114 cm³/mol. The predicted octanol–water partition coefficient (Wildman–Crippen LogP) is 3.95. The Morgan fingerprint density at radius 1 is 1.10 bits per heavy atom. The Balaban J connectivity index is 1.79. The van der Waals surface area contributed by atoms with Gasteiger partial charge in [0, 0.05) is 23.6 Å². The molecule has 144 valence electrons. The summed E-state index contributed by atoms with van der Waals surface area (Å²) < 4.78 is 0. The van der Waals surface area contributed by atoms with Gasteiger partial charge in [-0.25, -0.2) is 4.98 Å². The SMILES string of the molecule is Cc1cc(C=CC(N)=O)cc(C)c1Nc1ccnc(Nc2ccc(C#N)cc2)n1. The summed E-state index contributed by atoms with van der Waals surface area (Å²) in [7, 11) is 0. The number of carbonyl (C=O) groups is 1. The molecule has 3 aromatic rings. The number of primary amides is 1. The number of carbonyl (C=O) groups excluding carboxylic acids is 1. The van der Waals surface area contributed by atoms with Gasteiger partial charge in [-0.1, -0.05) is 0 Å². The molecule has 0 atom stereocenters.